The molecule has 0 aliphatic carbocycles. The Labute approximate surface area is 96.8 Å². The van der Waals surface area contributed by atoms with E-state index in [1.807, 2.05) is 13.8 Å². The van der Waals surface area contributed by atoms with Gasteiger partial charge in [-0.15, -0.1) is 4.89 Å². The zero-order valence-electron chi connectivity index (χ0n) is 9.80. The van der Waals surface area contributed by atoms with Crippen molar-refractivity contribution in [1.82, 2.24) is 4.90 Å². The largest absolute Gasteiger partial charge is 0.696 e. The quantitative estimate of drug-likeness (QED) is 0.409. The van der Waals surface area contributed by atoms with Crippen molar-refractivity contribution < 1.29 is 24.2 Å². The Bertz CT molecular complexity index is 204. The highest BCUT2D eigenvalue weighted by Gasteiger charge is 2.42. The highest BCUT2D eigenvalue weighted by Crippen LogP contribution is 2.34. The zero-order valence-corrected chi connectivity index (χ0v) is 10.7. The first-order chi connectivity index (χ1) is 7.56. The lowest BCUT2D eigenvalue weighted by atomic mass is 10.1. The molecule has 0 amide bonds. The van der Waals surface area contributed by atoms with Gasteiger partial charge in [0, 0.05) is 17.7 Å². The Morgan fingerprint density at radius 3 is 1.88 bits per heavy atom. The molecular weight excluding hydrogens is 233 g/mol. The molecule has 0 bridgehead atoms. The van der Waals surface area contributed by atoms with Crippen LogP contribution in [-0.4, -0.2) is 52.0 Å². The van der Waals surface area contributed by atoms with Gasteiger partial charge in [0.25, 0.3) is 0 Å². The summed E-state index contributed by atoms with van der Waals surface area (Å²) < 4.78 is 15.9. The van der Waals surface area contributed by atoms with Crippen molar-refractivity contribution in [3.05, 3.63) is 0 Å². The highest BCUT2D eigenvalue weighted by atomic mass is 31.1. The van der Waals surface area contributed by atoms with Crippen molar-refractivity contribution in [1.29, 1.82) is 0 Å². The Hall–Kier alpha value is -0.100. The van der Waals surface area contributed by atoms with Gasteiger partial charge in [0.05, 0.1) is 13.2 Å². The van der Waals surface area contributed by atoms with Crippen LogP contribution in [0.4, 0.5) is 0 Å². The van der Waals surface area contributed by atoms with Crippen LogP contribution in [0.2, 0.25) is 0 Å². The molecule has 6 nitrogen and oxygen atoms in total. The van der Waals surface area contributed by atoms with E-state index in [2.05, 4.69) is 0 Å². The van der Waals surface area contributed by atoms with Crippen molar-refractivity contribution in [2.24, 2.45) is 0 Å². The standard InChI is InChI=1S/C9H20NO5P/c1-3-9(4-2,15-16(13)14)10(5-7-11)6-8-12/h11-12H,3-8H2,1-2H3/p+1. The molecule has 16 heavy (non-hydrogen) atoms. The Morgan fingerprint density at radius 2 is 1.62 bits per heavy atom. The average Bonchev–Trinajstić information content (AvgIpc) is 2.25. The molecule has 0 rings (SSSR count). The third-order valence-corrected chi connectivity index (χ3v) is 3.17. The molecular formula is C9H21NO5P+. The zero-order chi connectivity index (χ0) is 12.6. The monoisotopic (exact) mass is 254 g/mol. The van der Waals surface area contributed by atoms with Gasteiger partial charge in [-0.25, -0.2) is 0 Å². The van der Waals surface area contributed by atoms with Gasteiger partial charge in [0.1, 0.15) is 0 Å². The molecule has 0 aromatic heterocycles. The topological polar surface area (TPSA) is 90.2 Å². The molecule has 0 aromatic rings. The van der Waals surface area contributed by atoms with E-state index in [1.54, 1.807) is 4.90 Å². The molecule has 1 unspecified atom stereocenters. The smallest absolute Gasteiger partial charge is 0.395 e. The summed E-state index contributed by atoms with van der Waals surface area (Å²) in [6, 6.07) is 0. The third-order valence-electron chi connectivity index (χ3n) is 2.67. The molecule has 96 valence electrons. The molecule has 0 heterocycles. The van der Waals surface area contributed by atoms with Crippen LogP contribution in [0.15, 0.2) is 0 Å². The lowest BCUT2D eigenvalue weighted by molar-refractivity contribution is -0.102. The molecule has 0 spiro atoms. The molecule has 0 radical (unpaired) electrons. The van der Waals surface area contributed by atoms with Crippen molar-refractivity contribution in [2.75, 3.05) is 26.3 Å². The second-order valence-corrected chi connectivity index (χ2v) is 4.07. The van der Waals surface area contributed by atoms with Gasteiger partial charge in [-0.05, 0) is 12.8 Å². The van der Waals surface area contributed by atoms with E-state index >= 15 is 0 Å². The number of aliphatic hydroxyl groups is 2. The predicted octanol–water partition coefficient (Wildman–Crippen LogP) is 0.456. The Kier molecular flexibility index (Phi) is 8.01. The van der Waals surface area contributed by atoms with Gasteiger partial charge in [0.2, 0.25) is 0 Å². The minimum absolute atomic E-state index is 0.0900. The average molecular weight is 254 g/mol. The maximum atomic E-state index is 10.8. The van der Waals surface area contributed by atoms with Crippen LogP contribution in [0, 0.1) is 0 Å². The maximum absolute atomic E-state index is 10.8. The summed E-state index contributed by atoms with van der Waals surface area (Å²) in [6.45, 7) is 4.09. The summed E-state index contributed by atoms with van der Waals surface area (Å²) in [5.41, 5.74) is -0.895. The maximum Gasteiger partial charge on any atom is 0.696 e. The minimum atomic E-state index is -2.71. The fraction of sp³-hybridized carbons (Fsp3) is 1.00. The van der Waals surface area contributed by atoms with E-state index in [0.29, 0.717) is 25.9 Å². The predicted molar refractivity (Wildman–Crippen MR) is 60.0 cm³/mol. The van der Waals surface area contributed by atoms with Gasteiger partial charge >= 0.3 is 8.25 Å². The van der Waals surface area contributed by atoms with Crippen molar-refractivity contribution >= 4 is 8.25 Å². The highest BCUT2D eigenvalue weighted by molar-refractivity contribution is 7.32. The van der Waals surface area contributed by atoms with Crippen LogP contribution in [0.5, 0.6) is 0 Å². The summed E-state index contributed by atoms with van der Waals surface area (Å²) in [5.74, 6) is 0. The second-order valence-electron chi connectivity index (χ2n) is 3.42. The number of nitrogens with zero attached hydrogens (tertiary/aromatic N) is 1. The van der Waals surface area contributed by atoms with Crippen LogP contribution in [0.1, 0.15) is 26.7 Å². The summed E-state index contributed by atoms with van der Waals surface area (Å²) in [5, 5.41) is 17.9. The van der Waals surface area contributed by atoms with E-state index in [0.717, 1.165) is 0 Å². The van der Waals surface area contributed by atoms with Crippen LogP contribution in [-0.2, 0) is 9.09 Å². The van der Waals surface area contributed by atoms with E-state index in [9.17, 15) is 4.57 Å². The van der Waals surface area contributed by atoms with Gasteiger partial charge in [0.15, 0.2) is 5.72 Å². The molecule has 7 heteroatoms. The molecule has 0 saturated carbocycles. The lowest BCUT2D eigenvalue weighted by Crippen LogP contribution is -2.51. The van der Waals surface area contributed by atoms with Gasteiger partial charge in [-0.3, -0.25) is 4.90 Å². The SMILES string of the molecule is CCC(CC)(O[P+](=O)O)N(CCO)CCO. The minimum Gasteiger partial charge on any atom is -0.395 e. The number of rotatable bonds is 9. The molecule has 3 N–H and O–H groups in total. The van der Waals surface area contributed by atoms with E-state index < -0.39 is 14.0 Å². The molecule has 1 atom stereocenters. The fourth-order valence-electron chi connectivity index (χ4n) is 1.79. The van der Waals surface area contributed by atoms with Crippen molar-refractivity contribution in [2.45, 2.75) is 32.4 Å². The Morgan fingerprint density at radius 1 is 1.19 bits per heavy atom. The number of hydrogen-bond acceptors (Lipinski definition) is 5. The van der Waals surface area contributed by atoms with Crippen LogP contribution < -0.4 is 0 Å². The van der Waals surface area contributed by atoms with E-state index in [-0.39, 0.29) is 13.2 Å². The first-order valence-electron chi connectivity index (χ1n) is 5.38. The van der Waals surface area contributed by atoms with Gasteiger partial charge in [-0.2, -0.15) is 0 Å². The van der Waals surface area contributed by atoms with E-state index in [1.165, 1.54) is 0 Å². The van der Waals surface area contributed by atoms with Gasteiger partial charge < -0.3 is 10.2 Å². The molecule has 0 aromatic carbocycles. The number of hydrogen-bond donors (Lipinski definition) is 3. The second kappa shape index (κ2) is 8.06. The van der Waals surface area contributed by atoms with Crippen LogP contribution in [0.25, 0.3) is 0 Å². The summed E-state index contributed by atoms with van der Waals surface area (Å²) in [7, 11) is -2.71. The van der Waals surface area contributed by atoms with Crippen molar-refractivity contribution in [3.8, 4) is 0 Å². The third kappa shape index (κ3) is 4.41. The van der Waals surface area contributed by atoms with Crippen molar-refractivity contribution in [3.63, 3.8) is 0 Å². The summed E-state index contributed by atoms with van der Waals surface area (Å²) in [6.07, 6.45) is 1.01. The first-order valence-corrected chi connectivity index (χ1v) is 6.51. The fourth-order valence-corrected chi connectivity index (χ4v) is 2.45. The summed E-state index contributed by atoms with van der Waals surface area (Å²) >= 11 is 0. The molecule has 0 saturated heterocycles. The molecule has 0 fully saturated rings. The summed E-state index contributed by atoms with van der Waals surface area (Å²) in [4.78, 5) is 10.6. The van der Waals surface area contributed by atoms with Crippen LogP contribution in [0.3, 0.4) is 0 Å². The Balaban J connectivity index is 4.84. The molecule has 0 aliphatic rings. The van der Waals surface area contributed by atoms with Crippen LogP contribution >= 0.6 is 8.25 Å². The molecule has 0 aliphatic heterocycles. The van der Waals surface area contributed by atoms with Gasteiger partial charge in [-0.1, -0.05) is 18.4 Å². The van der Waals surface area contributed by atoms with E-state index in [4.69, 9.17) is 19.6 Å². The first kappa shape index (κ1) is 15.9. The lowest BCUT2D eigenvalue weighted by Gasteiger charge is -2.37. The number of aliphatic hydroxyl groups excluding tert-OH is 2. The normalized spacial score (nSPS) is 13.2.